The monoisotopic (exact) mass is 438 g/mol. The van der Waals surface area contributed by atoms with Crippen molar-refractivity contribution in [2.24, 2.45) is 0 Å². The summed E-state index contributed by atoms with van der Waals surface area (Å²) in [7, 11) is -2.19. The van der Waals surface area contributed by atoms with Crippen molar-refractivity contribution < 1.29 is 17.9 Å². The van der Waals surface area contributed by atoms with E-state index < -0.39 is 10.0 Å². The summed E-state index contributed by atoms with van der Waals surface area (Å²) in [6.45, 7) is 4.29. The molecule has 0 aliphatic heterocycles. The average Bonchev–Trinajstić information content (AvgIpc) is 2.80. The van der Waals surface area contributed by atoms with Crippen molar-refractivity contribution in [1.29, 1.82) is 0 Å². The van der Waals surface area contributed by atoms with Crippen LogP contribution >= 0.6 is 0 Å². The zero-order valence-corrected chi connectivity index (χ0v) is 18.6. The molecule has 0 unspecified atom stereocenters. The minimum atomic E-state index is -3.66. The van der Waals surface area contributed by atoms with E-state index in [2.05, 4.69) is 5.32 Å². The summed E-state index contributed by atoms with van der Waals surface area (Å²) in [6, 6.07) is 21.6. The van der Waals surface area contributed by atoms with Crippen LogP contribution in [-0.4, -0.2) is 38.8 Å². The molecule has 0 aliphatic carbocycles. The smallest absolute Gasteiger partial charge is 0.255 e. The Hall–Kier alpha value is -3.16. The molecule has 0 radical (unpaired) electrons. The highest BCUT2D eigenvalue weighted by atomic mass is 32.2. The fourth-order valence-corrected chi connectivity index (χ4v) is 4.78. The summed E-state index contributed by atoms with van der Waals surface area (Å²) in [5, 5.41) is 2.78. The highest BCUT2D eigenvalue weighted by molar-refractivity contribution is 7.89. The first-order valence-electron chi connectivity index (χ1n) is 10.1. The number of benzene rings is 3. The molecule has 0 heterocycles. The number of sulfonamides is 1. The van der Waals surface area contributed by atoms with Gasteiger partial charge in [-0.15, -0.1) is 0 Å². The van der Waals surface area contributed by atoms with E-state index >= 15 is 0 Å². The van der Waals surface area contributed by atoms with Crippen LogP contribution in [-0.2, 0) is 10.0 Å². The van der Waals surface area contributed by atoms with Crippen LogP contribution in [0.3, 0.4) is 0 Å². The lowest BCUT2D eigenvalue weighted by Gasteiger charge is -2.19. The number of carbonyl (C=O) groups is 1. The Labute approximate surface area is 183 Å². The molecule has 1 N–H and O–H groups in total. The standard InChI is InChI=1S/C24H26N2O4S/c1-4-26(5-2)31(28,29)21-15-16-23(30-3)22(17-21)25-24(27)20-13-11-19(12-14-20)18-9-7-6-8-10-18/h6-17H,4-5H2,1-3H3,(H,25,27). The number of anilines is 1. The predicted molar refractivity (Wildman–Crippen MR) is 123 cm³/mol. The van der Waals surface area contributed by atoms with Crippen molar-refractivity contribution in [3.05, 3.63) is 78.4 Å². The van der Waals surface area contributed by atoms with E-state index in [-0.39, 0.29) is 10.8 Å². The van der Waals surface area contributed by atoms with E-state index in [1.165, 1.54) is 23.5 Å². The van der Waals surface area contributed by atoms with Gasteiger partial charge in [0.1, 0.15) is 5.75 Å². The van der Waals surface area contributed by atoms with Crippen molar-refractivity contribution >= 4 is 21.6 Å². The van der Waals surface area contributed by atoms with Gasteiger partial charge in [0, 0.05) is 18.7 Å². The molecule has 1 amide bonds. The highest BCUT2D eigenvalue weighted by Crippen LogP contribution is 2.29. The first kappa shape index (κ1) is 22.5. The lowest BCUT2D eigenvalue weighted by Crippen LogP contribution is -2.30. The minimum Gasteiger partial charge on any atom is -0.495 e. The zero-order chi connectivity index (χ0) is 22.4. The second kappa shape index (κ2) is 9.76. The Bertz CT molecular complexity index is 1140. The van der Waals surface area contributed by atoms with Crippen LogP contribution in [0.1, 0.15) is 24.2 Å². The number of amides is 1. The number of ether oxygens (including phenoxy) is 1. The first-order chi connectivity index (χ1) is 14.9. The number of rotatable bonds is 8. The summed E-state index contributed by atoms with van der Waals surface area (Å²) in [5.74, 6) is 0.0306. The van der Waals surface area contributed by atoms with Gasteiger partial charge in [0.25, 0.3) is 5.91 Å². The topological polar surface area (TPSA) is 75.7 Å². The van der Waals surface area contributed by atoms with Crippen LogP contribution in [0, 0.1) is 0 Å². The summed E-state index contributed by atoms with van der Waals surface area (Å²) >= 11 is 0. The molecule has 0 saturated heterocycles. The Morgan fingerprint density at radius 2 is 1.52 bits per heavy atom. The minimum absolute atomic E-state index is 0.103. The number of hydrogen-bond donors (Lipinski definition) is 1. The number of nitrogens with one attached hydrogen (secondary N) is 1. The summed E-state index contributed by atoms with van der Waals surface area (Å²) in [6.07, 6.45) is 0. The Balaban J connectivity index is 1.87. The maximum absolute atomic E-state index is 12.8. The van der Waals surface area contributed by atoms with E-state index in [1.807, 2.05) is 42.5 Å². The maximum atomic E-state index is 12.8. The van der Waals surface area contributed by atoms with Gasteiger partial charge in [-0.1, -0.05) is 56.3 Å². The van der Waals surface area contributed by atoms with Gasteiger partial charge in [-0.05, 0) is 41.5 Å². The molecule has 0 bridgehead atoms. The summed E-state index contributed by atoms with van der Waals surface area (Å²) < 4.78 is 32.4. The van der Waals surface area contributed by atoms with Crippen LogP contribution in [0.15, 0.2) is 77.7 Å². The van der Waals surface area contributed by atoms with Gasteiger partial charge < -0.3 is 10.1 Å². The van der Waals surface area contributed by atoms with Crippen molar-refractivity contribution in [1.82, 2.24) is 4.31 Å². The van der Waals surface area contributed by atoms with E-state index in [4.69, 9.17) is 4.74 Å². The third-order valence-electron chi connectivity index (χ3n) is 5.02. The Kier molecular flexibility index (Phi) is 7.09. The zero-order valence-electron chi connectivity index (χ0n) is 17.8. The van der Waals surface area contributed by atoms with Crippen LogP contribution in [0.25, 0.3) is 11.1 Å². The molecule has 0 aliphatic rings. The second-order valence-corrected chi connectivity index (χ2v) is 8.79. The summed E-state index contributed by atoms with van der Waals surface area (Å²) in [4.78, 5) is 12.9. The fourth-order valence-electron chi connectivity index (χ4n) is 3.30. The van der Waals surface area contributed by atoms with Gasteiger partial charge >= 0.3 is 0 Å². The molecular weight excluding hydrogens is 412 g/mol. The van der Waals surface area contributed by atoms with Crippen molar-refractivity contribution in [3.8, 4) is 16.9 Å². The molecule has 0 aromatic heterocycles. The lowest BCUT2D eigenvalue weighted by molar-refractivity contribution is 0.102. The quantitative estimate of drug-likeness (QED) is 0.556. The number of nitrogens with zero attached hydrogens (tertiary/aromatic N) is 1. The van der Waals surface area contributed by atoms with E-state index in [0.29, 0.717) is 30.1 Å². The highest BCUT2D eigenvalue weighted by Gasteiger charge is 2.23. The number of carbonyl (C=O) groups excluding carboxylic acids is 1. The Morgan fingerprint density at radius 1 is 0.903 bits per heavy atom. The third kappa shape index (κ3) is 4.95. The van der Waals surface area contributed by atoms with Gasteiger partial charge in [0.2, 0.25) is 10.0 Å². The second-order valence-electron chi connectivity index (χ2n) is 6.85. The number of hydrogen-bond acceptors (Lipinski definition) is 4. The third-order valence-corrected chi connectivity index (χ3v) is 7.06. The SMILES string of the molecule is CCN(CC)S(=O)(=O)c1ccc(OC)c(NC(=O)c2ccc(-c3ccccc3)cc2)c1. The molecule has 0 fully saturated rings. The van der Waals surface area contributed by atoms with E-state index in [0.717, 1.165) is 11.1 Å². The van der Waals surface area contributed by atoms with Gasteiger partial charge in [-0.2, -0.15) is 4.31 Å². The molecule has 0 spiro atoms. The normalized spacial score (nSPS) is 11.4. The predicted octanol–water partition coefficient (Wildman–Crippen LogP) is 4.65. The molecule has 3 rings (SSSR count). The van der Waals surface area contributed by atoms with Gasteiger partial charge in [-0.3, -0.25) is 4.79 Å². The van der Waals surface area contributed by atoms with Gasteiger partial charge in [0.05, 0.1) is 17.7 Å². The molecule has 162 valence electrons. The van der Waals surface area contributed by atoms with Crippen LogP contribution in [0.5, 0.6) is 5.75 Å². The molecule has 0 saturated carbocycles. The summed E-state index contributed by atoms with van der Waals surface area (Å²) in [5.41, 5.74) is 2.82. The van der Waals surface area contributed by atoms with E-state index in [9.17, 15) is 13.2 Å². The largest absolute Gasteiger partial charge is 0.495 e. The number of methoxy groups -OCH3 is 1. The van der Waals surface area contributed by atoms with Gasteiger partial charge in [0.15, 0.2) is 0 Å². The van der Waals surface area contributed by atoms with Crippen LogP contribution in [0.4, 0.5) is 5.69 Å². The molecule has 3 aromatic rings. The van der Waals surface area contributed by atoms with Crippen LogP contribution < -0.4 is 10.1 Å². The first-order valence-corrected chi connectivity index (χ1v) is 11.5. The van der Waals surface area contributed by atoms with Crippen LogP contribution in [0.2, 0.25) is 0 Å². The lowest BCUT2D eigenvalue weighted by atomic mass is 10.0. The molecule has 31 heavy (non-hydrogen) atoms. The molecule has 3 aromatic carbocycles. The van der Waals surface area contributed by atoms with Gasteiger partial charge in [-0.25, -0.2) is 8.42 Å². The maximum Gasteiger partial charge on any atom is 0.255 e. The molecular formula is C24H26N2O4S. The Morgan fingerprint density at radius 3 is 2.10 bits per heavy atom. The van der Waals surface area contributed by atoms with Crippen molar-refractivity contribution in [2.75, 3.05) is 25.5 Å². The molecule has 0 atom stereocenters. The fraction of sp³-hybridized carbons (Fsp3) is 0.208. The van der Waals surface area contributed by atoms with E-state index in [1.54, 1.807) is 32.0 Å². The molecule has 7 heteroatoms. The van der Waals surface area contributed by atoms with Crippen molar-refractivity contribution in [2.45, 2.75) is 18.7 Å². The van der Waals surface area contributed by atoms with Crippen molar-refractivity contribution in [3.63, 3.8) is 0 Å². The molecule has 6 nitrogen and oxygen atoms in total. The average molecular weight is 439 g/mol.